The summed E-state index contributed by atoms with van der Waals surface area (Å²) < 4.78 is 0. The maximum atomic E-state index is 3.71. The van der Waals surface area contributed by atoms with Crippen molar-refractivity contribution >= 4 is 11.8 Å². The van der Waals surface area contributed by atoms with Crippen molar-refractivity contribution in [1.29, 1.82) is 0 Å². The molecule has 0 aromatic heterocycles. The highest BCUT2D eigenvalue weighted by atomic mass is 32.2. The van der Waals surface area contributed by atoms with Gasteiger partial charge in [-0.15, -0.1) is 0 Å². The Morgan fingerprint density at radius 2 is 2.17 bits per heavy atom. The van der Waals surface area contributed by atoms with Crippen molar-refractivity contribution in [1.82, 2.24) is 10.2 Å². The monoisotopic (exact) mass is 270 g/mol. The molecule has 0 bridgehead atoms. The zero-order chi connectivity index (χ0) is 13.0. The lowest BCUT2D eigenvalue weighted by molar-refractivity contribution is 0.124. The molecule has 1 heterocycles. The molecule has 4 unspecified atom stereocenters. The summed E-state index contributed by atoms with van der Waals surface area (Å²) in [6, 6.07) is 1.60. The third-order valence-electron chi connectivity index (χ3n) is 4.84. The molecule has 1 aliphatic carbocycles. The van der Waals surface area contributed by atoms with Crippen molar-refractivity contribution in [3.05, 3.63) is 0 Å². The number of hydrogen-bond donors (Lipinski definition) is 1. The minimum Gasteiger partial charge on any atom is -0.311 e. The molecule has 1 N–H and O–H groups in total. The number of piperazine rings is 1. The maximum absolute atomic E-state index is 3.71. The number of hydrogen-bond acceptors (Lipinski definition) is 3. The molecule has 2 nitrogen and oxygen atoms in total. The lowest BCUT2D eigenvalue weighted by atomic mass is 9.96. The zero-order valence-corrected chi connectivity index (χ0v) is 13.1. The Bertz CT molecular complexity index is 247. The number of nitrogens with zero attached hydrogens (tertiary/aromatic N) is 1. The predicted molar refractivity (Wildman–Crippen MR) is 82.4 cm³/mol. The van der Waals surface area contributed by atoms with E-state index in [0.717, 1.165) is 23.3 Å². The lowest BCUT2D eigenvalue weighted by Crippen LogP contribution is -2.55. The molecule has 2 fully saturated rings. The highest BCUT2D eigenvalue weighted by Gasteiger charge is 2.32. The lowest BCUT2D eigenvalue weighted by Gasteiger charge is -2.39. The Hall–Kier alpha value is 0.270. The van der Waals surface area contributed by atoms with Gasteiger partial charge in [-0.05, 0) is 30.9 Å². The second-order valence-corrected chi connectivity index (χ2v) is 7.56. The Morgan fingerprint density at radius 3 is 2.89 bits per heavy atom. The highest BCUT2D eigenvalue weighted by molar-refractivity contribution is 7.99. The summed E-state index contributed by atoms with van der Waals surface area (Å²) in [5.74, 6) is 2.10. The van der Waals surface area contributed by atoms with Gasteiger partial charge in [0.2, 0.25) is 0 Å². The topological polar surface area (TPSA) is 15.3 Å². The van der Waals surface area contributed by atoms with Crippen molar-refractivity contribution in [2.45, 2.75) is 63.8 Å². The largest absolute Gasteiger partial charge is 0.311 e. The summed E-state index contributed by atoms with van der Waals surface area (Å²) in [6.45, 7) is 10.7. The molecular formula is C15H30N2S. The van der Waals surface area contributed by atoms with Crippen LogP contribution in [-0.2, 0) is 0 Å². The summed E-state index contributed by atoms with van der Waals surface area (Å²) >= 11 is 2.18. The van der Waals surface area contributed by atoms with E-state index in [1.165, 1.54) is 51.1 Å². The zero-order valence-electron chi connectivity index (χ0n) is 12.3. The van der Waals surface area contributed by atoms with Gasteiger partial charge in [0.15, 0.2) is 0 Å². The average Bonchev–Trinajstić information content (AvgIpc) is 2.87. The van der Waals surface area contributed by atoms with Crippen molar-refractivity contribution in [2.24, 2.45) is 5.92 Å². The molecular weight excluding hydrogens is 240 g/mol. The first-order valence-corrected chi connectivity index (χ1v) is 8.88. The van der Waals surface area contributed by atoms with E-state index < -0.39 is 0 Å². The van der Waals surface area contributed by atoms with Crippen LogP contribution >= 0.6 is 11.8 Å². The van der Waals surface area contributed by atoms with Crippen LogP contribution in [0.25, 0.3) is 0 Å². The van der Waals surface area contributed by atoms with Crippen LogP contribution in [0.5, 0.6) is 0 Å². The first kappa shape index (κ1) is 14.7. The van der Waals surface area contributed by atoms with Gasteiger partial charge in [-0.25, -0.2) is 0 Å². The van der Waals surface area contributed by atoms with Gasteiger partial charge in [0.1, 0.15) is 0 Å². The standard InChI is InChI=1S/C15H30N2S/c1-4-12(3)15-11-17(9-8-16-15)13-6-7-14(10-13)18-5-2/h12-16H,4-11H2,1-3H3. The number of thioether (sulfide) groups is 1. The van der Waals surface area contributed by atoms with Gasteiger partial charge >= 0.3 is 0 Å². The van der Waals surface area contributed by atoms with Crippen LogP contribution in [0.1, 0.15) is 46.5 Å². The van der Waals surface area contributed by atoms with Gasteiger partial charge in [0.25, 0.3) is 0 Å². The van der Waals surface area contributed by atoms with Crippen LogP contribution < -0.4 is 5.32 Å². The molecule has 0 aromatic carbocycles. The van der Waals surface area contributed by atoms with Crippen molar-refractivity contribution in [2.75, 3.05) is 25.4 Å². The average molecular weight is 270 g/mol. The molecule has 0 radical (unpaired) electrons. The van der Waals surface area contributed by atoms with Gasteiger partial charge in [-0.2, -0.15) is 11.8 Å². The summed E-state index contributed by atoms with van der Waals surface area (Å²) in [5.41, 5.74) is 0. The number of nitrogens with one attached hydrogen (secondary N) is 1. The SMILES string of the molecule is CCSC1CCC(N2CCNC(C(C)CC)C2)C1. The van der Waals surface area contributed by atoms with Crippen molar-refractivity contribution < 1.29 is 0 Å². The molecule has 1 saturated carbocycles. The molecule has 1 saturated heterocycles. The van der Waals surface area contributed by atoms with Crippen LogP contribution in [0.2, 0.25) is 0 Å². The van der Waals surface area contributed by atoms with Crippen molar-refractivity contribution in [3.63, 3.8) is 0 Å². The molecule has 2 rings (SSSR count). The molecule has 0 amide bonds. The van der Waals surface area contributed by atoms with E-state index in [1.54, 1.807) is 0 Å². The van der Waals surface area contributed by atoms with E-state index in [4.69, 9.17) is 0 Å². The highest BCUT2D eigenvalue weighted by Crippen LogP contribution is 2.33. The molecule has 18 heavy (non-hydrogen) atoms. The molecule has 2 aliphatic rings. The second-order valence-electron chi connectivity index (χ2n) is 5.99. The quantitative estimate of drug-likeness (QED) is 0.827. The molecule has 4 atom stereocenters. The van der Waals surface area contributed by atoms with Gasteiger partial charge in [-0.1, -0.05) is 27.2 Å². The molecule has 0 aromatic rings. The van der Waals surface area contributed by atoms with E-state index in [2.05, 4.69) is 42.7 Å². The molecule has 0 spiro atoms. The summed E-state index contributed by atoms with van der Waals surface area (Å²) in [4.78, 5) is 2.78. The first-order chi connectivity index (χ1) is 8.74. The third-order valence-corrected chi connectivity index (χ3v) is 6.08. The fourth-order valence-electron chi connectivity index (χ4n) is 3.44. The fraction of sp³-hybridized carbons (Fsp3) is 1.00. The van der Waals surface area contributed by atoms with Crippen LogP contribution in [-0.4, -0.2) is 47.6 Å². The van der Waals surface area contributed by atoms with E-state index in [0.29, 0.717) is 0 Å². The van der Waals surface area contributed by atoms with Gasteiger partial charge < -0.3 is 5.32 Å². The Morgan fingerprint density at radius 1 is 1.33 bits per heavy atom. The van der Waals surface area contributed by atoms with Crippen LogP contribution in [0, 0.1) is 5.92 Å². The third kappa shape index (κ3) is 3.64. The minimum atomic E-state index is 0.724. The van der Waals surface area contributed by atoms with Gasteiger partial charge in [-0.3, -0.25) is 4.90 Å². The van der Waals surface area contributed by atoms with Crippen LogP contribution in [0.4, 0.5) is 0 Å². The Balaban J connectivity index is 1.82. The normalized spacial score (nSPS) is 35.8. The number of rotatable bonds is 5. The van der Waals surface area contributed by atoms with E-state index >= 15 is 0 Å². The first-order valence-electron chi connectivity index (χ1n) is 7.83. The van der Waals surface area contributed by atoms with E-state index in [-0.39, 0.29) is 0 Å². The molecule has 1 aliphatic heterocycles. The molecule has 3 heteroatoms. The fourth-order valence-corrected chi connectivity index (χ4v) is 4.57. The Labute approximate surface area is 117 Å². The van der Waals surface area contributed by atoms with Crippen LogP contribution in [0.15, 0.2) is 0 Å². The molecule has 106 valence electrons. The van der Waals surface area contributed by atoms with E-state index in [9.17, 15) is 0 Å². The van der Waals surface area contributed by atoms with Gasteiger partial charge in [0, 0.05) is 37.0 Å². The summed E-state index contributed by atoms with van der Waals surface area (Å²) in [5, 5.41) is 4.65. The summed E-state index contributed by atoms with van der Waals surface area (Å²) in [7, 11) is 0. The van der Waals surface area contributed by atoms with Gasteiger partial charge in [0.05, 0.1) is 0 Å². The van der Waals surface area contributed by atoms with Crippen LogP contribution in [0.3, 0.4) is 0 Å². The smallest absolute Gasteiger partial charge is 0.0221 e. The van der Waals surface area contributed by atoms with E-state index in [1.807, 2.05) is 0 Å². The minimum absolute atomic E-state index is 0.724. The summed E-state index contributed by atoms with van der Waals surface area (Å²) in [6.07, 6.45) is 5.61. The predicted octanol–water partition coefficient (Wildman–Crippen LogP) is 2.98. The van der Waals surface area contributed by atoms with Crippen molar-refractivity contribution in [3.8, 4) is 0 Å². The Kier molecular flexibility index (Phi) is 5.84. The second kappa shape index (κ2) is 7.16. The maximum Gasteiger partial charge on any atom is 0.0221 e.